The number of likely N-dealkylation sites (tertiary alicyclic amines) is 1. The molecule has 0 aromatic carbocycles. The lowest BCUT2D eigenvalue weighted by molar-refractivity contribution is -0.139. The smallest absolute Gasteiger partial charge is 0.245 e. The number of unbranched alkanes of at least 4 members (excludes halogenated alkanes) is 3. The van der Waals surface area contributed by atoms with Crippen molar-refractivity contribution in [3.63, 3.8) is 0 Å². The first-order chi connectivity index (χ1) is 13.0. The summed E-state index contributed by atoms with van der Waals surface area (Å²) in [6.45, 7) is 5.64. The number of carbonyl (C=O) groups is 3. The number of carbonyl (C=O) groups excluding carboxylic acids is 3. The van der Waals surface area contributed by atoms with E-state index in [-0.39, 0.29) is 18.2 Å². The van der Waals surface area contributed by atoms with Gasteiger partial charge in [-0.05, 0) is 32.1 Å². The van der Waals surface area contributed by atoms with Crippen LogP contribution in [0.25, 0.3) is 0 Å². The van der Waals surface area contributed by atoms with Gasteiger partial charge in [-0.3, -0.25) is 19.6 Å². The van der Waals surface area contributed by atoms with E-state index in [0.29, 0.717) is 12.8 Å². The van der Waals surface area contributed by atoms with Crippen molar-refractivity contribution in [2.75, 3.05) is 13.1 Å². The highest BCUT2D eigenvalue weighted by molar-refractivity contribution is 5.90. The fourth-order valence-corrected chi connectivity index (χ4v) is 3.53. The average molecular weight is 384 g/mol. The standard InChI is InChI=1S/C20H37N3O4/c1-3-5-8-11-16(15-18(24)22-27)19(25)21-17(12-6-4-2)20(26)23-13-9-7-10-14-23/h16-17,27H,3-15H2,1-2H3,(H,21,25)(H,22,24)/t16-,17+/m1/s1. The van der Waals surface area contributed by atoms with Crippen molar-refractivity contribution in [3.05, 3.63) is 0 Å². The summed E-state index contributed by atoms with van der Waals surface area (Å²) in [5.41, 5.74) is 1.61. The maximum atomic E-state index is 12.9. The number of nitrogens with zero attached hydrogens (tertiary/aromatic N) is 1. The zero-order valence-corrected chi connectivity index (χ0v) is 17.0. The van der Waals surface area contributed by atoms with Crippen molar-refractivity contribution in [1.29, 1.82) is 0 Å². The lowest BCUT2D eigenvalue weighted by Crippen LogP contribution is -2.51. The lowest BCUT2D eigenvalue weighted by atomic mass is 9.95. The Hall–Kier alpha value is -1.63. The van der Waals surface area contributed by atoms with E-state index in [4.69, 9.17) is 5.21 Å². The van der Waals surface area contributed by atoms with Gasteiger partial charge in [-0.25, -0.2) is 5.48 Å². The van der Waals surface area contributed by atoms with Crippen LogP contribution in [0.5, 0.6) is 0 Å². The molecule has 3 N–H and O–H groups in total. The Kier molecular flexibility index (Phi) is 11.7. The third kappa shape index (κ3) is 8.73. The Bertz CT molecular complexity index is 464. The van der Waals surface area contributed by atoms with Gasteiger partial charge in [-0.2, -0.15) is 0 Å². The predicted octanol–water partition coefficient (Wildman–Crippen LogP) is 2.77. The monoisotopic (exact) mass is 383 g/mol. The second-order valence-electron chi connectivity index (χ2n) is 7.52. The Morgan fingerprint density at radius 1 is 0.963 bits per heavy atom. The molecule has 0 aromatic heterocycles. The van der Waals surface area contributed by atoms with Gasteiger partial charge in [0.25, 0.3) is 0 Å². The number of rotatable bonds is 12. The molecule has 1 aliphatic heterocycles. The van der Waals surface area contributed by atoms with Gasteiger partial charge in [0.15, 0.2) is 0 Å². The van der Waals surface area contributed by atoms with E-state index in [0.717, 1.165) is 64.5 Å². The highest BCUT2D eigenvalue weighted by atomic mass is 16.5. The van der Waals surface area contributed by atoms with E-state index >= 15 is 0 Å². The van der Waals surface area contributed by atoms with Gasteiger partial charge in [0.2, 0.25) is 17.7 Å². The van der Waals surface area contributed by atoms with Gasteiger partial charge >= 0.3 is 0 Å². The Labute approximate surface area is 163 Å². The Balaban J connectivity index is 2.75. The molecule has 0 saturated carbocycles. The molecule has 1 aliphatic rings. The predicted molar refractivity (Wildman–Crippen MR) is 104 cm³/mol. The van der Waals surface area contributed by atoms with Crippen LogP contribution < -0.4 is 10.8 Å². The van der Waals surface area contributed by atoms with Crippen LogP contribution in [0.2, 0.25) is 0 Å². The van der Waals surface area contributed by atoms with Crippen LogP contribution in [-0.2, 0) is 14.4 Å². The number of hydrogen-bond acceptors (Lipinski definition) is 4. The maximum Gasteiger partial charge on any atom is 0.245 e. The molecule has 2 atom stereocenters. The summed E-state index contributed by atoms with van der Waals surface area (Å²) in [4.78, 5) is 39.1. The van der Waals surface area contributed by atoms with E-state index in [9.17, 15) is 14.4 Å². The van der Waals surface area contributed by atoms with Crippen molar-refractivity contribution < 1.29 is 19.6 Å². The molecule has 0 bridgehead atoms. The van der Waals surface area contributed by atoms with E-state index in [1.54, 1.807) is 5.48 Å². The quantitative estimate of drug-likeness (QED) is 0.274. The Morgan fingerprint density at radius 3 is 2.22 bits per heavy atom. The summed E-state index contributed by atoms with van der Waals surface area (Å²) in [7, 11) is 0. The van der Waals surface area contributed by atoms with Crippen LogP contribution in [0.3, 0.4) is 0 Å². The van der Waals surface area contributed by atoms with Gasteiger partial charge in [0.05, 0.1) is 0 Å². The molecule has 0 aliphatic carbocycles. The summed E-state index contributed by atoms with van der Waals surface area (Å²) in [5.74, 6) is -1.36. The molecule has 0 radical (unpaired) electrons. The summed E-state index contributed by atoms with van der Waals surface area (Å²) < 4.78 is 0. The number of hydrogen-bond donors (Lipinski definition) is 3. The molecular formula is C20H37N3O4. The average Bonchev–Trinajstić information content (AvgIpc) is 2.70. The van der Waals surface area contributed by atoms with Gasteiger partial charge in [-0.1, -0.05) is 46.0 Å². The van der Waals surface area contributed by atoms with E-state index in [1.807, 2.05) is 4.90 Å². The molecule has 27 heavy (non-hydrogen) atoms. The van der Waals surface area contributed by atoms with Crippen LogP contribution in [0.15, 0.2) is 0 Å². The molecule has 7 heteroatoms. The molecule has 3 amide bonds. The number of amides is 3. The van der Waals surface area contributed by atoms with Crippen LogP contribution in [0.4, 0.5) is 0 Å². The first-order valence-corrected chi connectivity index (χ1v) is 10.6. The van der Waals surface area contributed by atoms with E-state index in [2.05, 4.69) is 19.2 Å². The topological polar surface area (TPSA) is 98.7 Å². The van der Waals surface area contributed by atoms with Gasteiger partial charge in [-0.15, -0.1) is 0 Å². The largest absolute Gasteiger partial charge is 0.344 e. The molecule has 156 valence electrons. The van der Waals surface area contributed by atoms with Gasteiger partial charge in [0.1, 0.15) is 6.04 Å². The van der Waals surface area contributed by atoms with Crippen molar-refractivity contribution in [3.8, 4) is 0 Å². The second-order valence-corrected chi connectivity index (χ2v) is 7.52. The van der Waals surface area contributed by atoms with E-state index < -0.39 is 17.9 Å². The third-order valence-electron chi connectivity index (χ3n) is 5.21. The highest BCUT2D eigenvalue weighted by Gasteiger charge is 2.29. The van der Waals surface area contributed by atoms with Crippen LogP contribution in [-0.4, -0.2) is 47.0 Å². The van der Waals surface area contributed by atoms with E-state index in [1.165, 1.54) is 0 Å². The maximum absolute atomic E-state index is 12.9. The minimum absolute atomic E-state index is 0.00424. The molecule has 0 unspecified atom stereocenters. The highest BCUT2D eigenvalue weighted by Crippen LogP contribution is 2.17. The summed E-state index contributed by atoms with van der Waals surface area (Å²) in [5, 5.41) is 11.7. The van der Waals surface area contributed by atoms with Crippen LogP contribution in [0, 0.1) is 5.92 Å². The fourth-order valence-electron chi connectivity index (χ4n) is 3.53. The molecule has 1 fully saturated rings. The van der Waals surface area contributed by atoms with Crippen molar-refractivity contribution in [1.82, 2.24) is 15.7 Å². The lowest BCUT2D eigenvalue weighted by Gasteiger charge is -2.31. The van der Waals surface area contributed by atoms with Crippen LogP contribution >= 0.6 is 0 Å². The summed E-state index contributed by atoms with van der Waals surface area (Å²) in [6, 6.07) is -0.526. The SMILES string of the molecule is CCCCC[C@H](CC(=O)NO)C(=O)N[C@@H](CCCC)C(=O)N1CCCCC1. The molecule has 1 rings (SSSR count). The molecule has 1 heterocycles. The molecule has 1 saturated heterocycles. The fraction of sp³-hybridized carbons (Fsp3) is 0.850. The molecular weight excluding hydrogens is 346 g/mol. The minimum atomic E-state index is -0.570. The molecule has 0 aromatic rings. The summed E-state index contributed by atoms with van der Waals surface area (Å²) in [6.07, 6.45) is 8.95. The van der Waals surface area contributed by atoms with Gasteiger partial charge in [0, 0.05) is 25.4 Å². The zero-order chi connectivity index (χ0) is 20.1. The second kappa shape index (κ2) is 13.5. The molecule has 7 nitrogen and oxygen atoms in total. The first-order valence-electron chi connectivity index (χ1n) is 10.6. The van der Waals surface area contributed by atoms with Crippen molar-refractivity contribution in [2.45, 2.75) is 90.5 Å². The van der Waals surface area contributed by atoms with Crippen molar-refractivity contribution in [2.24, 2.45) is 5.92 Å². The first kappa shape index (κ1) is 23.4. The number of piperidine rings is 1. The number of hydroxylamine groups is 1. The molecule has 0 spiro atoms. The summed E-state index contributed by atoms with van der Waals surface area (Å²) >= 11 is 0. The number of nitrogens with one attached hydrogen (secondary N) is 2. The Morgan fingerprint density at radius 2 is 1.63 bits per heavy atom. The van der Waals surface area contributed by atoms with Crippen molar-refractivity contribution >= 4 is 17.7 Å². The zero-order valence-electron chi connectivity index (χ0n) is 17.0. The normalized spacial score (nSPS) is 16.5. The van der Waals surface area contributed by atoms with Gasteiger partial charge < -0.3 is 10.2 Å². The third-order valence-corrected chi connectivity index (χ3v) is 5.21. The van der Waals surface area contributed by atoms with Crippen LogP contribution in [0.1, 0.15) is 84.5 Å². The minimum Gasteiger partial charge on any atom is -0.344 e.